The number of nitrogens with zero attached hydrogens (tertiary/aromatic N) is 5. The number of hydrogen-bond acceptors (Lipinski definition) is 7. The predicted octanol–water partition coefficient (Wildman–Crippen LogP) is 3.13. The fourth-order valence-corrected chi connectivity index (χ4v) is 3.16. The van der Waals surface area contributed by atoms with Crippen LogP contribution in [0.4, 0.5) is 35.3 Å². The van der Waals surface area contributed by atoms with Crippen molar-refractivity contribution in [2.24, 2.45) is 0 Å². The number of halogens is 4. The van der Waals surface area contributed by atoms with E-state index < -0.39 is 35.5 Å². The Balaban J connectivity index is 1.88. The molecule has 0 bridgehead atoms. The van der Waals surface area contributed by atoms with Gasteiger partial charge in [0.2, 0.25) is 0 Å². The number of pyridine rings is 1. The molecule has 0 atom stereocenters. The van der Waals surface area contributed by atoms with Crippen molar-refractivity contribution in [1.29, 1.82) is 0 Å². The van der Waals surface area contributed by atoms with Gasteiger partial charge in [0.25, 0.3) is 5.95 Å². The summed E-state index contributed by atoms with van der Waals surface area (Å²) in [6.45, 7) is 0. The molecule has 0 fully saturated rings. The van der Waals surface area contributed by atoms with Crippen LogP contribution in [-0.2, 0) is 6.42 Å². The average molecular weight is 465 g/mol. The fraction of sp³-hybridized carbons (Fsp3) is 0.0556. The normalized spacial score (nSPS) is 11.1. The molecule has 0 aliphatic rings. The van der Waals surface area contributed by atoms with Crippen molar-refractivity contribution in [1.82, 2.24) is 24.7 Å². The van der Waals surface area contributed by atoms with Crippen molar-refractivity contribution in [2.75, 3.05) is 16.8 Å². The number of nitrogens with one attached hydrogen (secondary N) is 1. The maximum atomic E-state index is 14.2. The standard InChI is InChI=1S/C18H12ClF3N8O2/c19-11-4-3-10-13(25-11)9(5-6-7(20)1-2-8(21)12(6)22)29-30(10)17-27-15(23)14(16(24)28-17)26-18(31)32/h1-4,26H,5H2,(H,31,32)(H4,23,24,27,28). The molecule has 0 unspecified atom stereocenters. The number of carbonyl (C=O) groups is 1. The average Bonchev–Trinajstić information content (AvgIpc) is 3.08. The van der Waals surface area contributed by atoms with Crippen LogP contribution >= 0.6 is 11.6 Å². The van der Waals surface area contributed by atoms with Crippen LogP contribution in [0.3, 0.4) is 0 Å². The molecule has 1 amide bonds. The minimum absolute atomic E-state index is 0.0411. The van der Waals surface area contributed by atoms with E-state index in [1.165, 1.54) is 12.1 Å². The van der Waals surface area contributed by atoms with E-state index in [0.29, 0.717) is 6.07 Å². The zero-order valence-corrected chi connectivity index (χ0v) is 16.5. The third-order valence-corrected chi connectivity index (χ3v) is 4.63. The number of nitrogens with two attached hydrogens (primary N) is 2. The molecule has 1 aromatic carbocycles. The molecule has 32 heavy (non-hydrogen) atoms. The van der Waals surface area contributed by atoms with Gasteiger partial charge in [-0.25, -0.2) is 22.9 Å². The van der Waals surface area contributed by atoms with E-state index in [9.17, 15) is 18.0 Å². The summed E-state index contributed by atoms with van der Waals surface area (Å²) in [6.07, 6.45) is -1.89. The highest BCUT2D eigenvalue weighted by Crippen LogP contribution is 2.28. The van der Waals surface area contributed by atoms with Crippen molar-refractivity contribution < 1.29 is 23.1 Å². The van der Waals surface area contributed by atoms with Gasteiger partial charge in [0.05, 0.1) is 11.2 Å². The van der Waals surface area contributed by atoms with Gasteiger partial charge in [0.15, 0.2) is 23.3 Å². The molecule has 6 N–H and O–H groups in total. The first kappa shape index (κ1) is 21.1. The zero-order chi connectivity index (χ0) is 23.2. The second-order valence-electron chi connectivity index (χ2n) is 6.46. The molecule has 4 rings (SSSR count). The lowest BCUT2D eigenvalue weighted by Gasteiger charge is -2.09. The van der Waals surface area contributed by atoms with Gasteiger partial charge in [-0.3, -0.25) is 5.32 Å². The highest BCUT2D eigenvalue weighted by Gasteiger charge is 2.22. The molecule has 10 nitrogen and oxygen atoms in total. The molecule has 0 radical (unpaired) electrons. The number of benzene rings is 1. The van der Waals surface area contributed by atoms with Gasteiger partial charge in [-0.1, -0.05) is 11.6 Å². The topological polar surface area (TPSA) is 158 Å². The molecule has 0 spiro atoms. The summed E-state index contributed by atoms with van der Waals surface area (Å²) in [7, 11) is 0. The Morgan fingerprint density at radius 1 is 1.06 bits per heavy atom. The lowest BCUT2D eigenvalue weighted by molar-refractivity contribution is 0.209. The molecule has 0 aliphatic carbocycles. The molecule has 0 aliphatic heterocycles. The Kier molecular flexibility index (Phi) is 5.18. The van der Waals surface area contributed by atoms with E-state index in [0.717, 1.165) is 10.7 Å². The van der Waals surface area contributed by atoms with Crippen LogP contribution in [0, 0.1) is 17.5 Å². The Hall–Kier alpha value is -4.13. The first-order valence-electron chi connectivity index (χ1n) is 8.75. The smallest absolute Gasteiger partial charge is 0.409 e. The third-order valence-electron chi connectivity index (χ3n) is 4.42. The van der Waals surface area contributed by atoms with Crippen molar-refractivity contribution >= 4 is 46.1 Å². The Morgan fingerprint density at radius 2 is 1.72 bits per heavy atom. The van der Waals surface area contributed by atoms with Gasteiger partial charge in [0.1, 0.15) is 22.2 Å². The number of hydrogen-bond donors (Lipinski definition) is 4. The lowest BCUT2D eigenvalue weighted by atomic mass is 10.1. The highest BCUT2D eigenvalue weighted by molar-refractivity contribution is 6.29. The largest absolute Gasteiger partial charge is 0.465 e. The third kappa shape index (κ3) is 3.69. The molecular formula is C18H12ClF3N8O2. The minimum atomic E-state index is -1.43. The lowest BCUT2D eigenvalue weighted by Crippen LogP contribution is -2.16. The summed E-state index contributed by atoms with van der Waals surface area (Å²) >= 11 is 5.96. The maximum absolute atomic E-state index is 14.2. The molecule has 14 heteroatoms. The van der Waals surface area contributed by atoms with Crippen LogP contribution in [0.25, 0.3) is 17.0 Å². The van der Waals surface area contributed by atoms with Gasteiger partial charge in [-0.15, -0.1) is 0 Å². The molecule has 3 heterocycles. The molecule has 164 valence electrons. The van der Waals surface area contributed by atoms with E-state index in [1.807, 2.05) is 5.32 Å². The van der Waals surface area contributed by atoms with E-state index in [1.54, 1.807) is 0 Å². The van der Waals surface area contributed by atoms with E-state index in [4.69, 9.17) is 28.2 Å². The molecule has 0 saturated heterocycles. The Bertz CT molecular complexity index is 1370. The summed E-state index contributed by atoms with van der Waals surface area (Å²) in [4.78, 5) is 23.0. The van der Waals surface area contributed by atoms with Gasteiger partial charge in [-0.2, -0.15) is 19.7 Å². The van der Waals surface area contributed by atoms with E-state index >= 15 is 0 Å². The van der Waals surface area contributed by atoms with Gasteiger partial charge < -0.3 is 16.6 Å². The van der Waals surface area contributed by atoms with Crippen molar-refractivity contribution in [3.8, 4) is 5.95 Å². The first-order valence-corrected chi connectivity index (χ1v) is 9.13. The fourth-order valence-electron chi connectivity index (χ4n) is 3.02. The second-order valence-corrected chi connectivity index (χ2v) is 6.85. The summed E-state index contributed by atoms with van der Waals surface area (Å²) in [5, 5.41) is 15.2. The van der Waals surface area contributed by atoms with Gasteiger partial charge in [0, 0.05) is 12.0 Å². The zero-order valence-electron chi connectivity index (χ0n) is 15.8. The molecule has 3 aromatic heterocycles. The summed E-state index contributed by atoms with van der Waals surface area (Å²) in [5.41, 5.74) is 11.3. The number of nitrogen functional groups attached to an aromatic ring is 2. The van der Waals surface area contributed by atoms with Crippen LogP contribution in [0.15, 0.2) is 24.3 Å². The minimum Gasteiger partial charge on any atom is -0.465 e. The summed E-state index contributed by atoms with van der Waals surface area (Å²) in [5.74, 6) is -4.29. The van der Waals surface area contributed by atoms with Crippen molar-refractivity contribution in [3.63, 3.8) is 0 Å². The quantitative estimate of drug-likeness (QED) is 0.265. The molecule has 0 saturated carbocycles. The summed E-state index contributed by atoms with van der Waals surface area (Å²) in [6, 6.07) is 4.40. The number of carboxylic acid groups (broad SMARTS) is 1. The number of anilines is 3. The van der Waals surface area contributed by atoms with Crippen molar-refractivity contribution in [3.05, 3.63) is 58.1 Å². The number of aromatic nitrogens is 5. The molecule has 4 aromatic rings. The van der Waals surface area contributed by atoms with Gasteiger partial charge in [-0.05, 0) is 24.3 Å². The van der Waals surface area contributed by atoms with Crippen molar-refractivity contribution in [2.45, 2.75) is 6.42 Å². The monoisotopic (exact) mass is 464 g/mol. The number of rotatable bonds is 4. The summed E-state index contributed by atoms with van der Waals surface area (Å²) < 4.78 is 43.1. The number of amides is 1. The second kappa shape index (κ2) is 7.85. The Labute approximate surface area is 181 Å². The maximum Gasteiger partial charge on any atom is 0.409 e. The SMILES string of the molecule is Nc1nc(-n2nc(Cc3c(F)ccc(F)c3F)c3nc(Cl)ccc32)nc(N)c1NC(=O)O. The van der Waals surface area contributed by atoms with Crippen LogP contribution in [0.1, 0.15) is 11.3 Å². The highest BCUT2D eigenvalue weighted by atomic mass is 35.5. The van der Waals surface area contributed by atoms with E-state index in [2.05, 4.69) is 20.1 Å². The Morgan fingerprint density at radius 3 is 2.38 bits per heavy atom. The van der Waals surface area contributed by atoms with Crippen LogP contribution < -0.4 is 16.8 Å². The van der Waals surface area contributed by atoms with Crippen LogP contribution in [0.5, 0.6) is 0 Å². The van der Waals surface area contributed by atoms with Gasteiger partial charge >= 0.3 is 6.09 Å². The van der Waals surface area contributed by atoms with Crippen LogP contribution in [0.2, 0.25) is 5.15 Å². The van der Waals surface area contributed by atoms with E-state index in [-0.39, 0.29) is 45.2 Å². The first-order chi connectivity index (χ1) is 15.2. The van der Waals surface area contributed by atoms with Crippen LogP contribution in [-0.4, -0.2) is 35.9 Å². The predicted molar refractivity (Wildman–Crippen MR) is 109 cm³/mol. The molecular weight excluding hydrogens is 453 g/mol. The number of fused-ring (bicyclic) bond motifs is 1.